The Balaban J connectivity index is 2.00. The van der Waals surface area contributed by atoms with E-state index in [1.54, 1.807) is 0 Å². The SMILES string of the molecule is COC(=O)C1=C(C(=O)OC)[C@]2(C)O[C@]1(C)[C@H]1[C@H]2[C@]2(C)C=C[C@]1(C)O2. The summed E-state index contributed by atoms with van der Waals surface area (Å²) in [5.41, 5.74) is -2.51. The van der Waals surface area contributed by atoms with Crippen LogP contribution < -0.4 is 0 Å². The average molecular weight is 334 g/mol. The van der Waals surface area contributed by atoms with Gasteiger partial charge in [0.25, 0.3) is 0 Å². The molecule has 4 rings (SSSR count). The second-order valence-corrected chi connectivity index (χ2v) is 7.81. The summed E-state index contributed by atoms with van der Waals surface area (Å²) < 4.78 is 22.7. The summed E-state index contributed by atoms with van der Waals surface area (Å²) in [7, 11) is 2.61. The van der Waals surface area contributed by atoms with Gasteiger partial charge < -0.3 is 18.9 Å². The Kier molecular flexibility index (Phi) is 2.71. The molecule has 6 atom stereocenters. The number of ether oxygens (including phenoxy) is 4. The molecular formula is C18H22O6. The smallest absolute Gasteiger partial charge is 0.337 e. The van der Waals surface area contributed by atoms with Crippen LogP contribution in [0.25, 0.3) is 0 Å². The number of methoxy groups -OCH3 is 2. The van der Waals surface area contributed by atoms with Crippen molar-refractivity contribution in [1.82, 2.24) is 0 Å². The number of rotatable bonds is 2. The number of esters is 2. The van der Waals surface area contributed by atoms with E-state index >= 15 is 0 Å². The van der Waals surface area contributed by atoms with Gasteiger partial charge in [-0.05, 0) is 27.7 Å². The van der Waals surface area contributed by atoms with E-state index in [9.17, 15) is 9.59 Å². The van der Waals surface area contributed by atoms with Gasteiger partial charge in [-0.25, -0.2) is 9.59 Å². The molecule has 0 aromatic rings. The molecule has 0 aromatic heterocycles. The minimum atomic E-state index is -0.965. The maximum absolute atomic E-state index is 12.5. The van der Waals surface area contributed by atoms with Crippen molar-refractivity contribution in [2.45, 2.75) is 50.1 Å². The van der Waals surface area contributed by atoms with Crippen molar-refractivity contribution in [2.24, 2.45) is 11.8 Å². The zero-order chi connectivity index (χ0) is 17.7. The monoisotopic (exact) mass is 334 g/mol. The molecule has 6 nitrogen and oxygen atoms in total. The molecular weight excluding hydrogens is 312 g/mol. The van der Waals surface area contributed by atoms with Gasteiger partial charge in [0, 0.05) is 11.8 Å². The molecule has 0 unspecified atom stereocenters. The lowest BCUT2D eigenvalue weighted by atomic mass is 9.56. The highest BCUT2D eigenvalue weighted by atomic mass is 16.6. The Morgan fingerprint density at radius 2 is 1.21 bits per heavy atom. The van der Waals surface area contributed by atoms with E-state index in [0.29, 0.717) is 0 Å². The van der Waals surface area contributed by atoms with Crippen LogP contribution in [0.2, 0.25) is 0 Å². The Hall–Kier alpha value is -1.66. The molecule has 2 saturated heterocycles. The average Bonchev–Trinajstić information content (AvgIpc) is 3.13. The summed E-state index contributed by atoms with van der Waals surface area (Å²) in [5.74, 6) is -1.29. The summed E-state index contributed by atoms with van der Waals surface area (Å²) in [6.07, 6.45) is 4.08. The third kappa shape index (κ3) is 1.41. The fraction of sp³-hybridized carbons (Fsp3) is 0.667. The van der Waals surface area contributed by atoms with E-state index in [1.807, 2.05) is 39.8 Å². The molecule has 0 radical (unpaired) electrons. The maximum atomic E-state index is 12.5. The van der Waals surface area contributed by atoms with E-state index in [0.717, 1.165) is 0 Å². The number of hydrogen-bond donors (Lipinski definition) is 0. The Labute approximate surface area is 140 Å². The van der Waals surface area contributed by atoms with Gasteiger partial charge >= 0.3 is 11.9 Å². The summed E-state index contributed by atoms with van der Waals surface area (Å²) in [6.45, 7) is 7.71. The van der Waals surface area contributed by atoms with Gasteiger partial charge in [-0.2, -0.15) is 0 Å². The molecule has 2 fully saturated rings. The quantitative estimate of drug-likeness (QED) is 0.563. The van der Waals surface area contributed by atoms with Gasteiger partial charge in [-0.15, -0.1) is 0 Å². The van der Waals surface area contributed by atoms with Crippen LogP contribution in [0.4, 0.5) is 0 Å². The highest BCUT2D eigenvalue weighted by Gasteiger charge is 2.81. The van der Waals surface area contributed by atoms with Gasteiger partial charge in [0.1, 0.15) is 11.2 Å². The van der Waals surface area contributed by atoms with Crippen LogP contribution in [0.5, 0.6) is 0 Å². The van der Waals surface area contributed by atoms with E-state index in [-0.39, 0.29) is 23.0 Å². The molecule has 24 heavy (non-hydrogen) atoms. The molecule has 6 heteroatoms. The minimum absolute atomic E-state index is 0.0903. The second kappa shape index (κ2) is 4.11. The van der Waals surface area contributed by atoms with Crippen molar-refractivity contribution in [1.29, 1.82) is 0 Å². The Morgan fingerprint density at radius 3 is 1.54 bits per heavy atom. The van der Waals surface area contributed by atoms with Crippen LogP contribution in [-0.2, 0) is 28.5 Å². The van der Waals surface area contributed by atoms with Crippen molar-refractivity contribution in [3.05, 3.63) is 23.3 Å². The van der Waals surface area contributed by atoms with Crippen LogP contribution in [-0.4, -0.2) is 48.6 Å². The maximum Gasteiger partial charge on any atom is 0.337 e. The van der Waals surface area contributed by atoms with Crippen molar-refractivity contribution in [2.75, 3.05) is 14.2 Å². The van der Waals surface area contributed by atoms with Crippen LogP contribution in [0.1, 0.15) is 27.7 Å². The predicted molar refractivity (Wildman–Crippen MR) is 83.0 cm³/mol. The first-order valence-corrected chi connectivity index (χ1v) is 8.10. The van der Waals surface area contributed by atoms with Gasteiger partial charge in [-0.3, -0.25) is 0 Å². The normalized spacial score (nSPS) is 50.4. The van der Waals surface area contributed by atoms with Crippen molar-refractivity contribution in [3.8, 4) is 0 Å². The molecule has 0 N–H and O–H groups in total. The molecule has 0 spiro atoms. The lowest BCUT2D eigenvalue weighted by Crippen LogP contribution is -2.53. The first kappa shape index (κ1) is 15.8. The number of carbonyl (C=O) groups is 2. The summed E-state index contributed by atoms with van der Waals surface area (Å²) in [6, 6.07) is 0. The van der Waals surface area contributed by atoms with Gasteiger partial charge in [0.2, 0.25) is 0 Å². The third-order valence-corrected chi connectivity index (χ3v) is 6.39. The van der Waals surface area contributed by atoms with Crippen molar-refractivity contribution in [3.63, 3.8) is 0 Å². The molecule has 0 saturated carbocycles. The van der Waals surface area contributed by atoms with E-state index in [2.05, 4.69) is 0 Å². The number of hydrogen-bond acceptors (Lipinski definition) is 6. The molecule has 4 aliphatic rings. The highest BCUT2D eigenvalue weighted by Crippen LogP contribution is 2.72. The zero-order valence-electron chi connectivity index (χ0n) is 14.8. The zero-order valence-corrected chi connectivity index (χ0v) is 14.8. The second-order valence-electron chi connectivity index (χ2n) is 7.81. The highest BCUT2D eigenvalue weighted by molar-refractivity contribution is 6.05. The van der Waals surface area contributed by atoms with Gasteiger partial charge in [0.15, 0.2) is 0 Å². The van der Waals surface area contributed by atoms with Crippen LogP contribution >= 0.6 is 0 Å². The third-order valence-electron chi connectivity index (χ3n) is 6.39. The molecule has 130 valence electrons. The van der Waals surface area contributed by atoms with Gasteiger partial charge in [0.05, 0.1) is 36.6 Å². The fourth-order valence-electron chi connectivity index (χ4n) is 5.89. The van der Waals surface area contributed by atoms with Gasteiger partial charge in [-0.1, -0.05) is 12.2 Å². The lowest BCUT2D eigenvalue weighted by molar-refractivity contribution is -0.143. The molecule has 0 amide bonds. The first-order valence-electron chi connectivity index (χ1n) is 8.10. The molecule has 0 aliphatic carbocycles. The largest absolute Gasteiger partial charge is 0.466 e. The summed E-state index contributed by atoms with van der Waals surface area (Å²) in [5, 5.41) is 0. The van der Waals surface area contributed by atoms with Crippen molar-refractivity contribution >= 4 is 11.9 Å². The first-order chi connectivity index (χ1) is 11.1. The Morgan fingerprint density at radius 1 is 0.833 bits per heavy atom. The fourth-order valence-corrected chi connectivity index (χ4v) is 5.89. The lowest BCUT2D eigenvalue weighted by Gasteiger charge is -2.41. The Bertz CT molecular complexity index is 680. The van der Waals surface area contributed by atoms with E-state index in [4.69, 9.17) is 18.9 Å². The molecule has 4 aliphatic heterocycles. The van der Waals surface area contributed by atoms with E-state index in [1.165, 1.54) is 14.2 Å². The van der Waals surface area contributed by atoms with Crippen LogP contribution in [0.3, 0.4) is 0 Å². The predicted octanol–water partition coefficient (Wildman–Crippen LogP) is 1.54. The number of fused-ring (bicyclic) bond motifs is 9. The standard InChI is InChI=1S/C18H22O6/c1-15-7-8-16(2,23-15)12-11(15)17(3)9(13(19)21-5)10(14(20)22-6)18(12,4)24-17/h7-8,11-12H,1-6H3/t11-,12-,15-,16-,17-,18-/m0/s1. The van der Waals surface area contributed by atoms with E-state index < -0.39 is 34.3 Å². The molecule has 4 heterocycles. The minimum Gasteiger partial charge on any atom is -0.466 e. The summed E-state index contributed by atoms with van der Waals surface area (Å²) >= 11 is 0. The molecule has 4 bridgehead atoms. The van der Waals surface area contributed by atoms with Crippen molar-refractivity contribution < 1.29 is 28.5 Å². The topological polar surface area (TPSA) is 71.1 Å². The van der Waals surface area contributed by atoms with Crippen LogP contribution in [0.15, 0.2) is 23.3 Å². The number of carbonyl (C=O) groups excluding carboxylic acids is 2. The van der Waals surface area contributed by atoms with Crippen LogP contribution in [0, 0.1) is 11.8 Å². The summed E-state index contributed by atoms with van der Waals surface area (Å²) in [4.78, 5) is 25.1. The molecule has 0 aromatic carbocycles.